The predicted molar refractivity (Wildman–Crippen MR) is 75.6 cm³/mol. The van der Waals surface area contributed by atoms with Crippen molar-refractivity contribution >= 4 is 11.3 Å². The van der Waals surface area contributed by atoms with Crippen LogP contribution in [0.15, 0.2) is 41.8 Å². The minimum atomic E-state index is -0.105. The van der Waals surface area contributed by atoms with Crippen molar-refractivity contribution in [1.82, 2.24) is 5.32 Å². The van der Waals surface area contributed by atoms with Crippen molar-refractivity contribution in [3.63, 3.8) is 0 Å². The molecule has 96 valence electrons. The molecule has 1 aromatic heterocycles. The molecule has 1 aromatic carbocycles. The van der Waals surface area contributed by atoms with E-state index in [1.165, 1.54) is 10.9 Å². The van der Waals surface area contributed by atoms with Gasteiger partial charge in [-0.15, -0.1) is 11.3 Å². The lowest BCUT2D eigenvalue weighted by Gasteiger charge is -2.17. The average molecular weight is 263 g/mol. The topological polar surface area (TPSA) is 12.0 Å². The molecule has 0 saturated heterocycles. The first kappa shape index (κ1) is 13.2. The number of halogens is 1. The van der Waals surface area contributed by atoms with Crippen LogP contribution in [-0.4, -0.2) is 12.6 Å². The zero-order chi connectivity index (χ0) is 12.8. The van der Waals surface area contributed by atoms with Crippen LogP contribution in [0.25, 0.3) is 0 Å². The minimum Gasteiger partial charge on any atom is -0.314 e. The van der Waals surface area contributed by atoms with Gasteiger partial charge in [0.05, 0.1) is 0 Å². The third kappa shape index (κ3) is 3.65. The molecule has 2 aromatic rings. The van der Waals surface area contributed by atoms with Crippen LogP contribution in [0.4, 0.5) is 4.39 Å². The molecule has 0 spiro atoms. The number of thiophene rings is 1. The van der Waals surface area contributed by atoms with Crippen LogP contribution < -0.4 is 5.32 Å². The van der Waals surface area contributed by atoms with Gasteiger partial charge in [0, 0.05) is 10.9 Å². The maximum atomic E-state index is 13.6. The Morgan fingerprint density at radius 1 is 1.17 bits per heavy atom. The zero-order valence-corrected chi connectivity index (χ0v) is 11.3. The Bertz CT molecular complexity index is 467. The van der Waals surface area contributed by atoms with Crippen LogP contribution in [0, 0.1) is 5.82 Å². The predicted octanol–water partition coefficient (Wildman–Crippen LogP) is 3.65. The smallest absolute Gasteiger partial charge is 0.126 e. The fourth-order valence-corrected chi connectivity index (χ4v) is 2.89. The quantitative estimate of drug-likeness (QED) is 0.839. The van der Waals surface area contributed by atoms with Crippen molar-refractivity contribution in [1.29, 1.82) is 0 Å². The number of benzene rings is 1. The molecule has 0 bridgehead atoms. The Morgan fingerprint density at radius 3 is 2.67 bits per heavy atom. The molecule has 1 unspecified atom stereocenters. The Kier molecular flexibility index (Phi) is 4.90. The lowest BCUT2D eigenvalue weighted by Crippen LogP contribution is -2.33. The molecule has 0 radical (unpaired) electrons. The average Bonchev–Trinajstić information content (AvgIpc) is 2.85. The van der Waals surface area contributed by atoms with E-state index in [0.29, 0.717) is 6.04 Å². The van der Waals surface area contributed by atoms with E-state index in [9.17, 15) is 4.39 Å². The number of rotatable bonds is 6. The van der Waals surface area contributed by atoms with Crippen LogP contribution in [0.1, 0.15) is 17.4 Å². The van der Waals surface area contributed by atoms with Crippen molar-refractivity contribution in [2.75, 3.05) is 6.54 Å². The van der Waals surface area contributed by atoms with E-state index in [1.807, 2.05) is 12.1 Å². The number of nitrogens with one attached hydrogen (secondary N) is 1. The maximum Gasteiger partial charge on any atom is 0.126 e. The summed E-state index contributed by atoms with van der Waals surface area (Å²) in [6.45, 7) is 2.99. The summed E-state index contributed by atoms with van der Waals surface area (Å²) >= 11 is 1.76. The van der Waals surface area contributed by atoms with Gasteiger partial charge in [-0.25, -0.2) is 4.39 Å². The Morgan fingerprint density at radius 2 is 2.00 bits per heavy atom. The van der Waals surface area contributed by atoms with Crippen molar-refractivity contribution in [3.05, 3.63) is 58.0 Å². The summed E-state index contributed by atoms with van der Waals surface area (Å²) in [4.78, 5) is 1.34. The molecule has 0 aliphatic carbocycles. The molecule has 1 heterocycles. The summed E-state index contributed by atoms with van der Waals surface area (Å²) in [6, 6.07) is 11.5. The van der Waals surface area contributed by atoms with Crippen LogP contribution in [0.3, 0.4) is 0 Å². The van der Waals surface area contributed by atoms with Gasteiger partial charge in [0.15, 0.2) is 0 Å². The minimum absolute atomic E-state index is 0.105. The van der Waals surface area contributed by atoms with Gasteiger partial charge in [0.2, 0.25) is 0 Å². The third-order valence-electron chi connectivity index (χ3n) is 2.94. The second kappa shape index (κ2) is 6.66. The number of hydrogen-bond acceptors (Lipinski definition) is 2. The van der Waals surface area contributed by atoms with Crippen molar-refractivity contribution in [3.8, 4) is 0 Å². The molecule has 3 heteroatoms. The molecule has 18 heavy (non-hydrogen) atoms. The standard InChI is InChI=1S/C15H18FNS/c1-2-17-13(11-14-7-5-9-18-14)10-12-6-3-4-8-15(12)16/h3-9,13,17H,2,10-11H2,1H3. The number of likely N-dealkylation sites (N-methyl/N-ethyl adjacent to an activating group) is 1. The molecule has 1 atom stereocenters. The van der Waals surface area contributed by atoms with Crippen LogP contribution >= 0.6 is 11.3 Å². The maximum absolute atomic E-state index is 13.6. The molecule has 1 N–H and O–H groups in total. The van der Waals surface area contributed by atoms with E-state index in [2.05, 4.69) is 29.8 Å². The van der Waals surface area contributed by atoms with Gasteiger partial charge in [-0.1, -0.05) is 31.2 Å². The van der Waals surface area contributed by atoms with Crippen LogP contribution in [-0.2, 0) is 12.8 Å². The van der Waals surface area contributed by atoms with Crippen LogP contribution in [0.2, 0.25) is 0 Å². The van der Waals surface area contributed by atoms with Gasteiger partial charge in [-0.05, 0) is 42.5 Å². The van der Waals surface area contributed by atoms with Crippen molar-refractivity contribution in [2.45, 2.75) is 25.8 Å². The molecule has 0 fully saturated rings. The first-order valence-corrected chi connectivity index (χ1v) is 7.16. The highest BCUT2D eigenvalue weighted by atomic mass is 32.1. The molecule has 2 rings (SSSR count). The lowest BCUT2D eigenvalue weighted by atomic mass is 10.0. The first-order chi connectivity index (χ1) is 8.79. The van der Waals surface area contributed by atoms with Gasteiger partial charge < -0.3 is 5.32 Å². The highest BCUT2D eigenvalue weighted by Crippen LogP contribution is 2.15. The Labute approximate surface area is 112 Å². The van der Waals surface area contributed by atoms with E-state index in [4.69, 9.17) is 0 Å². The zero-order valence-electron chi connectivity index (χ0n) is 10.5. The van der Waals surface area contributed by atoms with E-state index in [0.717, 1.165) is 24.9 Å². The van der Waals surface area contributed by atoms with Gasteiger partial charge in [-0.3, -0.25) is 0 Å². The number of hydrogen-bond donors (Lipinski definition) is 1. The molecule has 0 amide bonds. The van der Waals surface area contributed by atoms with Gasteiger partial charge in [-0.2, -0.15) is 0 Å². The first-order valence-electron chi connectivity index (χ1n) is 6.28. The molecular weight excluding hydrogens is 245 g/mol. The molecule has 0 aliphatic heterocycles. The molecule has 0 aliphatic rings. The summed E-state index contributed by atoms with van der Waals surface area (Å²) in [7, 11) is 0. The Balaban J connectivity index is 2.04. The fourth-order valence-electron chi connectivity index (χ4n) is 2.11. The summed E-state index contributed by atoms with van der Waals surface area (Å²) in [6.07, 6.45) is 1.69. The van der Waals surface area contributed by atoms with E-state index < -0.39 is 0 Å². The summed E-state index contributed by atoms with van der Waals surface area (Å²) in [5, 5.41) is 5.52. The van der Waals surface area contributed by atoms with Crippen molar-refractivity contribution < 1.29 is 4.39 Å². The van der Waals surface area contributed by atoms with E-state index in [1.54, 1.807) is 17.4 Å². The van der Waals surface area contributed by atoms with Crippen molar-refractivity contribution in [2.24, 2.45) is 0 Å². The molecular formula is C15H18FNS. The summed E-state index contributed by atoms with van der Waals surface area (Å²) in [5.74, 6) is -0.105. The molecule has 0 saturated carbocycles. The lowest BCUT2D eigenvalue weighted by molar-refractivity contribution is 0.508. The van der Waals surface area contributed by atoms with E-state index >= 15 is 0 Å². The van der Waals surface area contributed by atoms with Gasteiger partial charge >= 0.3 is 0 Å². The molecule has 1 nitrogen and oxygen atoms in total. The second-order valence-electron chi connectivity index (χ2n) is 4.33. The van der Waals surface area contributed by atoms with E-state index in [-0.39, 0.29) is 5.82 Å². The SMILES string of the molecule is CCNC(Cc1cccs1)Cc1ccccc1F. The highest BCUT2D eigenvalue weighted by molar-refractivity contribution is 7.09. The van der Waals surface area contributed by atoms with Gasteiger partial charge in [0.1, 0.15) is 5.82 Å². The van der Waals surface area contributed by atoms with Crippen LogP contribution in [0.5, 0.6) is 0 Å². The second-order valence-corrected chi connectivity index (χ2v) is 5.37. The fraction of sp³-hybridized carbons (Fsp3) is 0.333. The largest absolute Gasteiger partial charge is 0.314 e. The highest BCUT2D eigenvalue weighted by Gasteiger charge is 2.12. The third-order valence-corrected chi connectivity index (χ3v) is 3.84. The monoisotopic (exact) mass is 263 g/mol. The normalized spacial score (nSPS) is 12.6. The summed E-state index contributed by atoms with van der Waals surface area (Å²) in [5.41, 5.74) is 0.792. The van der Waals surface area contributed by atoms with Gasteiger partial charge in [0.25, 0.3) is 0 Å². The summed E-state index contributed by atoms with van der Waals surface area (Å²) < 4.78 is 13.6. The Hall–Kier alpha value is -1.19.